The monoisotopic (exact) mass is 413 g/mol. The number of nitriles is 1. The Hall–Kier alpha value is -3.98. The van der Waals surface area contributed by atoms with Gasteiger partial charge >= 0.3 is 0 Å². The minimum Gasteiger partial charge on any atom is -0.493 e. The van der Waals surface area contributed by atoms with Crippen LogP contribution in [0.15, 0.2) is 66.7 Å². The number of anilines is 2. The number of fused-ring (bicyclic) bond motifs is 1. The van der Waals surface area contributed by atoms with Gasteiger partial charge in [-0.2, -0.15) is 5.26 Å². The van der Waals surface area contributed by atoms with E-state index in [1.165, 1.54) is 23.9 Å². The molecule has 1 amide bonds. The molecule has 3 aromatic rings. The van der Waals surface area contributed by atoms with Gasteiger partial charge in [0.2, 0.25) is 0 Å². The second kappa shape index (κ2) is 9.23. The first-order valence-corrected chi connectivity index (χ1v) is 10.1. The quantitative estimate of drug-likeness (QED) is 0.630. The molecule has 4 rings (SSSR count). The molecule has 0 aliphatic carbocycles. The number of amides is 1. The van der Waals surface area contributed by atoms with E-state index in [0.717, 1.165) is 19.5 Å². The van der Waals surface area contributed by atoms with E-state index in [-0.39, 0.29) is 12.5 Å². The Bertz CT molecular complexity index is 1120. The SMILES string of the molecule is COc1cc(C#N)ccc1OCC(=O)Nc1ccc(CN2CCc3ccccc32)cc1. The van der Waals surface area contributed by atoms with E-state index in [9.17, 15) is 4.79 Å². The number of benzene rings is 3. The number of ether oxygens (including phenoxy) is 2. The van der Waals surface area contributed by atoms with Crippen LogP contribution >= 0.6 is 0 Å². The minimum absolute atomic E-state index is 0.158. The van der Waals surface area contributed by atoms with Gasteiger partial charge in [-0.25, -0.2) is 0 Å². The molecular weight excluding hydrogens is 390 g/mol. The zero-order chi connectivity index (χ0) is 21.6. The summed E-state index contributed by atoms with van der Waals surface area (Å²) in [4.78, 5) is 14.6. The second-order valence-corrected chi connectivity index (χ2v) is 7.31. The maximum atomic E-state index is 12.3. The highest BCUT2D eigenvalue weighted by Crippen LogP contribution is 2.29. The van der Waals surface area contributed by atoms with Crippen molar-refractivity contribution in [3.63, 3.8) is 0 Å². The molecule has 31 heavy (non-hydrogen) atoms. The van der Waals surface area contributed by atoms with Crippen LogP contribution in [0.2, 0.25) is 0 Å². The Morgan fingerprint density at radius 1 is 1.10 bits per heavy atom. The van der Waals surface area contributed by atoms with Gasteiger partial charge in [0, 0.05) is 30.5 Å². The normalized spacial score (nSPS) is 12.1. The molecule has 0 fully saturated rings. The van der Waals surface area contributed by atoms with E-state index in [1.807, 2.05) is 30.3 Å². The average Bonchev–Trinajstić information content (AvgIpc) is 3.21. The number of carbonyl (C=O) groups is 1. The summed E-state index contributed by atoms with van der Waals surface area (Å²) in [6.45, 7) is 1.70. The van der Waals surface area contributed by atoms with E-state index < -0.39 is 0 Å². The summed E-state index contributed by atoms with van der Waals surface area (Å²) < 4.78 is 10.8. The summed E-state index contributed by atoms with van der Waals surface area (Å²) in [6.07, 6.45) is 1.08. The fourth-order valence-corrected chi connectivity index (χ4v) is 3.68. The summed E-state index contributed by atoms with van der Waals surface area (Å²) in [5, 5.41) is 11.8. The predicted octanol–water partition coefficient (Wildman–Crippen LogP) is 4.15. The van der Waals surface area contributed by atoms with Crippen molar-refractivity contribution in [3.05, 3.63) is 83.4 Å². The van der Waals surface area contributed by atoms with Crippen molar-refractivity contribution in [2.75, 3.05) is 30.5 Å². The summed E-state index contributed by atoms with van der Waals surface area (Å²) in [6, 6.07) is 23.2. The standard InChI is InChI=1S/C25H23N3O3/c1-30-24-14-19(15-26)8-11-23(24)31-17-25(29)27-21-9-6-18(7-10-21)16-28-13-12-20-4-2-3-5-22(20)28/h2-11,14H,12-13,16-17H2,1H3,(H,27,29). The lowest BCUT2D eigenvalue weighted by Gasteiger charge is -2.19. The zero-order valence-electron chi connectivity index (χ0n) is 17.3. The van der Waals surface area contributed by atoms with Crippen LogP contribution in [0.3, 0.4) is 0 Å². The third-order valence-corrected chi connectivity index (χ3v) is 5.25. The van der Waals surface area contributed by atoms with Crippen LogP contribution in [0.25, 0.3) is 0 Å². The van der Waals surface area contributed by atoms with Crippen molar-refractivity contribution in [2.45, 2.75) is 13.0 Å². The zero-order valence-corrected chi connectivity index (χ0v) is 17.3. The molecule has 1 heterocycles. The molecule has 0 atom stereocenters. The first-order chi connectivity index (χ1) is 15.2. The smallest absolute Gasteiger partial charge is 0.262 e. The number of nitrogens with zero attached hydrogens (tertiary/aromatic N) is 2. The molecule has 156 valence electrons. The number of para-hydroxylation sites is 1. The van der Waals surface area contributed by atoms with Gasteiger partial charge in [0.05, 0.1) is 18.7 Å². The number of nitrogens with one attached hydrogen (secondary N) is 1. The maximum Gasteiger partial charge on any atom is 0.262 e. The van der Waals surface area contributed by atoms with Crippen LogP contribution in [0.4, 0.5) is 11.4 Å². The Kier molecular flexibility index (Phi) is 6.04. The lowest BCUT2D eigenvalue weighted by Crippen LogP contribution is -2.21. The number of carbonyl (C=O) groups excluding carboxylic acids is 1. The molecule has 1 aliphatic heterocycles. The molecule has 0 spiro atoms. The van der Waals surface area contributed by atoms with Crippen molar-refractivity contribution >= 4 is 17.3 Å². The molecule has 0 saturated heterocycles. The van der Waals surface area contributed by atoms with Gasteiger partial charge in [-0.15, -0.1) is 0 Å². The highest BCUT2D eigenvalue weighted by Gasteiger charge is 2.18. The molecule has 6 nitrogen and oxygen atoms in total. The van der Waals surface area contributed by atoms with Crippen LogP contribution in [0.1, 0.15) is 16.7 Å². The third kappa shape index (κ3) is 4.78. The summed E-state index contributed by atoms with van der Waals surface area (Å²) >= 11 is 0. The van der Waals surface area contributed by atoms with Crippen molar-refractivity contribution in [1.29, 1.82) is 5.26 Å². The number of methoxy groups -OCH3 is 1. The fraction of sp³-hybridized carbons (Fsp3) is 0.200. The minimum atomic E-state index is -0.271. The van der Waals surface area contributed by atoms with Gasteiger partial charge in [0.1, 0.15) is 0 Å². The molecule has 0 bridgehead atoms. The van der Waals surface area contributed by atoms with Gasteiger partial charge in [-0.1, -0.05) is 30.3 Å². The van der Waals surface area contributed by atoms with Crippen molar-refractivity contribution in [1.82, 2.24) is 0 Å². The van der Waals surface area contributed by atoms with E-state index in [4.69, 9.17) is 14.7 Å². The molecule has 1 aliphatic rings. The molecule has 1 N–H and O–H groups in total. The second-order valence-electron chi connectivity index (χ2n) is 7.31. The molecule has 6 heteroatoms. The molecule has 0 saturated carbocycles. The number of hydrogen-bond acceptors (Lipinski definition) is 5. The summed E-state index contributed by atoms with van der Waals surface area (Å²) in [7, 11) is 1.49. The average molecular weight is 413 g/mol. The van der Waals surface area contributed by atoms with Gasteiger partial charge in [-0.3, -0.25) is 4.79 Å². The van der Waals surface area contributed by atoms with Gasteiger partial charge < -0.3 is 19.7 Å². The summed E-state index contributed by atoms with van der Waals surface area (Å²) in [5.74, 6) is 0.560. The lowest BCUT2D eigenvalue weighted by atomic mass is 10.1. The Morgan fingerprint density at radius 3 is 2.68 bits per heavy atom. The van der Waals surface area contributed by atoms with Crippen LogP contribution < -0.4 is 19.7 Å². The highest BCUT2D eigenvalue weighted by atomic mass is 16.5. The van der Waals surface area contributed by atoms with E-state index in [2.05, 4.69) is 34.5 Å². The maximum absolute atomic E-state index is 12.3. The van der Waals surface area contributed by atoms with Gasteiger partial charge in [-0.05, 0) is 47.9 Å². The largest absolute Gasteiger partial charge is 0.493 e. The first-order valence-electron chi connectivity index (χ1n) is 10.1. The number of hydrogen-bond donors (Lipinski definition) is 1. The van der Waals surface area contributed by atoms with Crippen molar-refractivity contribution < 1.29 is 14.3 Å². The van der Waals surface area contributed by atoms with Crippen molar-refractivity contribution in [3.8, 4) is 17.6 Å². The van der Waals surface area contributed by atoms with Crippen LogP contribution in [-0.4, -0.2) is 26.2 Å². The predicted molar refractivity (Wildman–Crippen MR) is 119 cm³/mol. The topological polar surface area (TPSA) is 74.6 Å². The molecule has 0 aromatic heterocycles. The fourth-order valence-electron chi connectivity index (χ4n) is 3.68. The van der Waals surface area contributed by atoms with Gasteiger partial charge in [0.25, 0.3) is 5.91 Å². The Balaban J connectivity index is 1.31. The van der Waals surface area contributed by atoms with Crippen LogP contribution in [0.5, 0.6) is 11.5 Å². The molecule has 0 radical (unpaired) electrons. The molecule has 3 aromatic carbocycles. The van der Waals surface area contributed by atoms with E-state index >= 15 is 0 Å². The highest BCUT2D eigenvalue weighted by molar-refractivity contribution is 5.91. The lowest BCUT2D eigenvalue weighted by molar-refractivity contribution is -0.118. The number of rotatable bonds is 7. The Labute approximate surface area is 181 Å². The molecule has 0 unspecified atom stereocenters. The van der Waals surface area contributed by atoms with Crippen molar-refractivity contribution in [2.24, 2.45) is 0 Å². The third-order valence-electron chi connectivity index (χ3n) is 5.25. The van der Waals surface area contributed by atoms with Gasteiger partial charge in [0.15, 0.2) is 18.1 Å². The van der Waals surface area contributed by atoms with E-state index in [1.54, 1.807) is 18.2 Å². The van der Waals surface area contributed by atoms with E-state index in [0.29, 0.717) is 22.7 Å². The van der Waals surface area contributed by atoms with Crippen LogP contribution in [0, 0.1) is 11.3 Å². The van der Waals surface area contributed by atoms with Crippen LogP contribution in [-0.2, 0) is 17.8 Å². The summed E-state index contributed by atoms with van der Waals surface area (Å²) in [5.41, 5.74) is 5.06. The molecular formula is C25H23N3O3. The Morgan fingerprint density at radius 2 is 1.90 bits per heavy atom. The first kappa shape index (κ1) is 20.3.